The van der Waals surface area contributed by atoms with Gasteiger partial charge in [-0.3, -0.25) is 0 Å². The van der Waals surface area contributed by atoms with Gasteiger partial charge in [0, 0.05) is 37.3 Å². The molecule has 3 aliphatic rings. The summed E-state index contributed by atoms with van der Waals surface area (Å²) < 4.78 is 13.3. The minimum absolute atomic E-state index is 0.447. The largest absolute Gasteiger partial charge is 0.369 e. The molecule has 1 aromatic carbocycles. The molecule has 20 heavy (non-hydrogen) atoms. The summed E-state index contributed by atoms with van der Waals surface area (Å²) in [6, 6.07) is 8.98. The molecule has 0 amide bonds. The molecule has 0 aromatic heterocycles. The zero-order valence-electron chi connectivity index (χ0n) is 12.2. The van der Waals surface area contributed by atoms with Gasteiger partial charge < -0.3 is 9.80 Å². The van der Waals surface area contributed by atoms with Gasteiger partial charge in [0.15, 0.2) is 0 Å². The van der Waals surface area contributed by atoms with Crippen molar-refractivity contribution in [1.82, 2.24) is 4.90 Å². The zero-order valence-corrected chi connectivity index (χ0v) is 12.2. The lowest BCUT2D eigenvalue weighted by Gasteiger charge is -2.21. The van der Waals surface area contributed by atoms with Gasteiger partial charge in [0.2, 0.25) is 0 Å². The minimum Gasteiger partial charge on any atom is -0.369 e. The molecular formula is C17H23FN2. The van der Waals surface area contributed by atoms with Crippen LogP contribution in [0.1, 0.15) is 25.3 Å². The maximum atomic E-state index is 13.3. The van der Waals surface area contributed by atoms with Gasteiger partial charge in [-0.05, 0) is 43.0 Å². The Labute approximate surface area is 120 Å². The highest BCUT2D eigenvalue weighted by Crippen LogP contribution is 2.59. The van der Waals surface area contributed by atoms with E-state index in [-0.39, 0.29) is 0 Å². The molecule has 1 saturated carbocycles. The van der Waals surface area contributed by atoms with E-state index in [4.69, 9.17) is 0 Å². The predicted octanol–water partition coefficient (Wildman–Crippen LogP) is 2.83. The Morgan fingerprint density at radius 2 is 2.05 bits per heavy atom. The smallest absolute Gasteiger partial charge is 0.119 e. The van der Waals surface area contributed by atoms with Crippen molar-refractivity contribution in [2.24, 2.45) is 5.92 Å². The molecule has 1 aromatic rings. The van der Waals surface area contributed by atoms with E-state index in [1.54, 1.807) is 0 Å². The molecule has 108 valence electrons. The van der Waals surface area contributed by atoms with Crippen LogP contribution in [-0.4, -0.2) is 43.8 Å². The third-order valence-electron chi connectivity index (χ3n) is 5.60. The summed E-state index contributed by atoms with van der Waals surface area (Å²) in [4.78, 5) is 4.74. The second kappa shape index (κ2) is 4.45. The number of benzene rings is 1. The van der Waals surface area contributed by atoms with Gasteiger partial charge in [0.05, 0.1) is 0 Å². The first-order valence-corrected chi connectivity index (χ1v) is 7.93. The topological polar surface area (TPSA) is 6.48 Å². The normalized spacial score (nSPS) is 36.4. The summed E-state index contributed by atoms with van der Waals surface area (Å²) in [5, 5.41) is 0. The fraction of sp³-hybridized carbons (Fsp3) is 0.647. The number of hydrogen-bond donors (Lipinski definition) is 0. The van der Waals surface area contributed by atoms with Crippen LogP contribution in [0.3, 0.4) is 0 Å². The van der Waals surface area contributed by atoms with Crippen molar-refractivity contribution in [2.45, 2.75) is 31.4 Å². The Kier molecular flexibility index (Phi) is 2.81. The van der Waals surface area contributed by atoms with E-state index in [2.05, 4.69) is 41.0 Å². The summed E-state index contributed by atoms with van der Waals surface area (Å²) in [5.41, 5.74) is 3.13. The number of rotatable bonds is 3. The summed E-state index contributed by atoms with van der Waals surface area (Å²) in [7, 11) is 0. The van der Waals surface area contributed by atoms with Crippen molar-refractivity contribution in [3.05, 3.63) is 29.8 Å². The fourth-order valence-electron chi connectivity index (χ4n) is 4.23. The SMILES string of the molecule is CCN1CC2CC2(c2ccc(N3CCC(F)C3)cc2)C1. The van der Waals surface area contributed by atoms with E-state index in [9.17, 15) is 4.39 Å². The molecule has 2 heterocycles. The molecule has 0 spiro atoms. The van der Waals surface area contributed by atoms with Crippen LogP contribution >= 0.6 is 0 Å². The molecule has 3 unspecified atom stereocenters. The van der Waals surface area contributed by atoms with Crippen LogP contribution in [-0.2, 0) is 5.41 Å². The average molecular weight is 274 g/mol. The second-order valence-electron chi connectivity index (χ2n) is 6.76. The molecule has 0 bridgehead atoms. The quantitative estimate of drug-likeness (QED) is 0.836. The number of piperidine rings is 1. The third kappa shape index (κ3) is 1.86. The molecule has 2 aliphatic heterocycles. The molecule has 0 N–H and O–H groups in total. The number of hydrogen-bond acceptors (Lipinski definition) is 2. The summed E-state index contributed by atoms with van der Waals surface area (Å²) >= 11 is 0. The van der Waals surface area contributed by atoms with Crippen molar-refractivity contribution in [1.29, 1.82) is 0 Å². The highest BCUT2D eigenvalue weighted by Gasteiger charge is 2.60. The van der Waals surface area contributed by atoms with E-state index >= 15 is 0 Å². The molecule has 2 nitrogen and oxygen atoms in total. The Bertz CT molecular complexity index is 500. The maximum Gasteiger partial charge on any atom is 0.119 e. The first-order chi connectivity index (χ1) is 9.71. The van der Waals surface area contributed by atoms with E-state index < -0.39 is 6.17 Å². The van der Waals surface area contributed by atoms with Gasteiger partial charge in [0.25, 0.3) is 0 Å². The summed E-state index contributed by atoms with van der Waals surface area (Å²) in [6.07, 6.45) is 1.40. The molecule has 4 rings (SSSR count). The first-order valence-electron chi connectivity index (χ1n) is 7.93. The Balaban J connectivity index is 1.51. The van der Waals surface area contributed by atoms with Crippen molar-refractivity contribution in [3.63, 3.8) is 0 Å². The second-order valence-corrected chi connectivity index (χ2v) is 6.76. The van der Waals surface area contributed by atoms with Crippen LogP contribution in [0.2, 0.25) is 0 Å². The van der Waals surface area contributed by atoms with Crippen LogP contribution in [0.15, 0.2) is 24.3 Å². The summed E-state index contributed by atoms with van der Waals surface area (Å²) in [6.45, 7) is 7.34. The summed E-state index contributed by atoms with van der Waals surface area (Å²) in [5.74, 6) is 0.871. The van der Waals surface area contributed by atoms with Crippen molar-refractivity contribution >= 4 is 5.69 Å². The van der Waals surface area contributed by atoms with Gasteiger partial charge in [-0.25, -0.2) is 4.39 Å². The number of nitrogens with zero attached hydrogens (tertiary/aromatic N) is 2. The number of halogens is 1. The van der Waals surface area contributed by atoms with Gasteiger partial charge in [-0.15, -0.1) is 0 Å². The molecular weight excluding hydrogens is 251 g/mol. The average Bonchev–Trinajstić information content (AvgIpc) is 2.85. The van der Waals surface area contributed by atoms with Crippen molar-refractivity contribution in [3.8, 4) is 0 Å². The molecule has 2 saturated heterocycles. The Morgan fingerprint density at radius 3 is 2.65 bits per heavy atom. The lowest BCUT2D eigenvalue weighted by atomic mass is 9.95. The monoisotopic (exact) mass is 274 g/mol. The van der Waals surface area contributed by atoms with E-state index in [1.807, 2.05) is 0 Å². The molecule has 3 fully saturated rings. The Morgan fingerprint density at radius 1 is 1.25 bits per heavy atom. The van der Waals surface area contributed by atoms with Crippen LogP contribution in [0.25, 0.3) is 0 Å². The first kappa shape index (κ1) is 12.6. The van der Waals surface area contributed by atoms with E-state index in [1.165, 1.54) is 37.3 Å². The number of likely N-dealkylation sites (tertiary alicyclic amines) is 1. The molecule has 0 radical (unpaired) electrons. The molecule has 3 atom stereocenters. The third-order valence-corrected chi connectivity index (χ3v) is 5.60. The molecule has 3 heteroatoms. The number of fused-ring (bicyclic) bond motifs is 1. The number of alkyl halides is 1. The minimum atomic E-state index is -0.644. The zero-order chi connectivity index (χ0) is 13.7. The lowest BCUT2D eigenvalue weighted by molar-refractivity contribution is 0.314. The van der Waals surface area contributed by atoms with Gasteiger partial charge in [-0.2, -0.15) is 0 Å². The lowest BCUT2D eigenvalue weighted by Crippen LogP contribution is -2.26. The van der Waals surface area contributed by atoms with Gasteiger partial charge in [-0.1, -0.05) is 19.1 Å². The van der Waals surface area contributed by atoms with Crippen LogP contribution in [0.4, 0.5) is 10.1 Å². The van der Waals surface area contributed by atoms with E-state index in [0.717, 1.165) is 12.5 Å². The predicted molar refractivity (Wildman–Crippen MR) is 80.1 cm³/mol. The fourth-order valence-corrected chi connectivity index (χ4v) is 4.23. The van der Waals surface area contributed by atoms with Gasteiger partial charge >= 0.3 is 0 Å². The number of likely N-dealkylation sites (N-methyl/N-ethyl adjacent to an activating group) is 1. The van der Waals surface area contributed by atoms with Crippen molar-refractivity contribution in [2.75, 3.05) is 37.6 Å². The van der Waals surface area contributed by atoms with Crippen LogP contribution < -0.4 is 4.90 Å². The molecule has 1 aliphatic carbocycles. The van der Waals surface area contributed by atoms with E-state index in [0.29, 0.717) is 18.4 Å². The Hall–Kier alpha value is -1.09. The number of anilines is 1. The van der Waals surface area contributed by atoms with Crippen molar-refractivity contribution < 1.29 is 4.39 Å². The van der Waals surface area contributed by atoms with Crippen LogP contribution in [0, 0.1) is 5.92 Å². The standard InChI is InChI=1S/C17H23FN2/c1-2-19-10-14-9-17(14,12-19)13-3-5-16(6-4-13)20-8-7-15(18)11-20/h3-6,14-15H,2,7-12H2,1H3. The van der Waals surface area contributed by atoms with Crippen LogP contribution in [0.5, 0.6) is 0 Å². The maximum absolute atomic E-state index is 13.3. The highest BCUT2D eigenvalue weighted by molar-refractivity contribution is 5.51. The van der Waals surface area contributed by atoms with Gasteiger partial charge in [0.1, 0.15) is 6.17 Å². The highest BCUT2D eigenvalue weighted by atomic mass is 19.1.